The van der Waals surface area contributed by atoms with E-state index >= 15 is 0 Å². The van der Waals surface area contributed by atoms with E-state index in [0.717, 1.165) is 6.92 Å². The summed E-state index contributed by atoms with van der Waals surface area (Å²) in [6.45, 7) is 2.09. The molecule has 0 N–H and O–H groups in total. The molecule has 3 aliphatic rings. The van der Waals surface area contributed by atoms with Crippen molar-refractivity contribution in [2.75, 3.05) is 0 Å². The van der Waals surface area contributed by atoms with Gasteiger partial charge in [-0.25, -0.2) is 0 Å². The summed E-state index contributed by atoms with van der Waals surface area (Å²) in [5, 5.41) is 0. The van der Waals surface area contributed by atoms with Crippen LogP contribution in [0.3, 0.4) is 0 Å². The van der Waals surface area contributed by atoms with Crippen molar-refractivity contribution in [3.63, 3.8) is 0 Å². The van der Waals surface area contributed by atoms with E-state index < -0.39 is 54.4 Å². The van der Waals surface area contributed by atoms with Crippen LogP contribution in [0.2, 0.25) is 0 Å². The van der Waals surface area contributed by atoms with Crippen molar-refractivity contribution in [3.8, 4) is 0 Å². The molecule has 0 aromatic carbocycles. The quantitative estimate of drug-likeness (QED) is 0.741. The van der Waals surface area contributed by atoms with Crippen LogP contribution in [-0.2, 0) is 23.8 Å². The lowest BCUT2D eigenvalue weighted by molar-refractivity contribution is -0.236. The first kappa shape index (κ1) is 14.6. The Kier molecular flexibility index (Phi) is 3.02. The first-order valence-electron chi connectivity index (χ1n) is 6.83. The van der Waals surface area contributed by atoms with Crippen LogP contribution in [0.15, 0.2) is 0 Å². The zero-order chi connectivity index (χ0) is 15.6. The largest absolute Gasteiger partial charge is 0.455 e. The summed E-state index contributed by atoms with van der Waals surface area (Å²) in [5.74, 6) is -2.16. The Morgan fingerprint density at radius 1 is 1.38 bits per heavy atom. The third-order valence-corrected chi connectivity index (χ3v) is 4.81. The highest BCUT2D eigenvalue weighted by molar-refractivity contribution is 5.79. The van der Waals surface area contributed by atoms with Crippen LogP contribution in [-0.4, -0.2) is 42.5 Å². The second kappa shape index (κ2) is 4.34. The van der Waals surface area contributed by atoms with Crippen molar-refractivity contribution in [3.05, 3.63) is 0 Å². The minimum atomic E-state index is -4.70. The van der Waals surface area contributed by atoms with Gasteiger partial charge in [0.1, 0.15) is 6.10 Å². The van der Waals surface area contributed by atoms with Gasteiger partial charge in [0.25, 0.3) is 0 Å². The number of alkyl halides is 3. The minimum Gasteiger partial charge on any atom is -0.455 e. The zero-order valence-corrected chi connectivity index (χ0v) is 11.5. The monoisotopic (exact) mass is 308 g/mol. The summed E-state index contributed by atoms with van der Waals surface area (Å²) in [4.78, 5) is 23.5. The highest BCUT2D eigenvalue weighted by Gasteiger charge is 2.66. The van der Waals surface area contributed by atoms with E-state index in [-0.39, 0.29) is 5.92 Å². The van der Waals surface area contributed by atoms with Gasteiger partial charge in [-0.3, -0.25) is 9.59 Å². The predicted octanol–water partition coefficient (Wildman–Crippen LogP) is 1.59. The van der Waals surface area contributed by atoms with E-state index in [1.165, 1.54) is 6.92 Å². The van der Waals surface area contributed by atoms with Crippen molar-refractivity contribution < 1.29 is 37.0 Å². The molecule has 21 heavy (non-hydrogen) atoms. The molecule has 8 heteroatoms. The van der Waals surface area contributed by atoms with Crippen LogP contribution >= 0.6 is 0 Å². The molecular formula is C13H15F3O5. The van der Waals surface area contributed by atoms with Crippen LogP contribution in [0.25, 0.3) is 0 Å². The lowest BCUT2D eigenvalue weighted by Gasteiger charge is -2.31. The molecule has 3 aliphatic heterocycles. The molecule has 118 valence electrons. The Labute approximate surface area is 118 Å². The second-order valence-electron chi connectivity index (χ2n) is 5.94. The molecule has 0 amide bonds. The first-order valence-corrected chi connectivity index (χ1v) is 6.83. The van der Waals surface area contributed by atoms with Crippen LogP contribution in [0.1, 0.15) is 26.7 Å². The van der Waals surface area contributed by atoms with Gasteiger partial charge in [-0.1, -0.05) is 6.92 Å². The van der Waals surface area contributed by atoms with Crippen LogP contribution < -0.4 is 0 Å². The Balaban J connectivity index is 1.76. The maximum atomic E-state index is 13.0. The third kappa shape index (κ3) is 1.88. The minimum absolute atomic E-state index is 0.326. The molecule has 3 heterocycles. The van der Waals surface area contributed by atoms with Crippen molar-refractivity contribution in [2.45, 2.75) is 57.3 Å². The molecule has 0 spiro atoms. The first-order chi connectivity index (χ1) is 9.69. The van der Waals surface area contributed by atoms with Crippen LogP contribution in [0.5, 0.6) is 0 Å². The summed E-state index contributed by atoms with van der Waals surface area (Å²) < 4.78 is 54.7. The van der Waals surface area contributed by atoms with Gasteiger partial charge in [0, 0.05) is 0 Å². The van der Waals surface area contributed by atoms with Crippen molar-refractivity contribution in [1.29, 1.82) is 0 Å². The van der Waals surface area contributed by atoms with Gasteiger partial charge in [-0.05, 0) is 19.8 Å². The molecular weight excluding hydrogens is 293 g/mol. The number of halogens is 3. The molecule has 3 fully saturated rings. The van der Waals surface area contributed by atoms with Crippen LogP contribution in [0, 0.1) is 11.3 Å². The molecule has 3 rings (SSSR count). The van der Waals surface area contributed by atoms with E-state index in [9.17, 15) is 22.8 Å². The number of esters is 2. The number of carbonyl (C=O) groups is 2. The Morgan fingerprint density at radius 3 is 2.62 bits per heavy atom. The molecule has 6 unspecified atom stereocenters. The van der Waals surface area contributed by atoms with E-state index in [1.54, 1.807) is 0 Å². The molecule has 0 aromatic heterocycles. The zero-order valence-electron chi connectivity index (χ0n) is 11.5. The van der Waals surface area contributed by atoms with Crippen molar-refractivity contribution in [2.24, 2.45) is 11.3 Å². The molecule has 3 saturated heterocycles. The topological polar surface area (TPSA) is 61.8 Å². The Hall–Kier alpha value is -1.31. The molecule has 6 atom stereocenters. The number of rotatable bonds is 3. The summed E-state index contributed by atoms with van der Waals surface area (Å²) in [6, 6.07) is 0. The van der Waals surface area contributed by atoms with Crippen molar-refractivity contribution in [1.82, 2.24) is 0 Å². The van der Waals surface area contributed by atoms with Gasteiger partial charge in [0.05, 0.1) is 12.0 Å². The lowest BCUT2D eigenvalue weighted by atomic mass is 9.85. The third-order valence-electron chi connectivity index (χ3n) is 4.81. The summed E-state index contributed by atoms with van der Waals surface area (Å²) in [5.41, 5.74) is -2.57. The van der Waals surface area contributed by atoms with E-state index in [0.29, 0.717) is 6.42 Å². The summed E-state index contributed by atoms with van der Waals surface area (Å²) in [7, 11) is 0. The molecule has 0 saturated carbocycles. The number of hydrogen-bond donors (Lipinski definition) is 0. The number of fused-ring (bicyclic) bond motifs is 1. The molecule has 0 aromatic rings. The Bertz CT molecular complexity index is 491. The summed E-state index contributed by atoms with van der Waals surface area (Å²) in [6.07, 6.45) is -7.59. The normalized spacial score (nSPS) is 40.0. The number of carbonyl (C=O) groups excluding carboxylic acids is 2. The van der Waals surface area contributed by atoms with Crippen molar-refractivity contribution >= 4 is 11.9 Å². The van der Waals surface area contributed by atoms with Gasteiger partial charge in [0.15, 0.2) is 17.6 Å². The molecule has 5 nitrogen and oxygen atoms in total. The molecule has 2 bridgehead atoms. The van der Waals surface area contributed by atoms with Gasteiger partial charge >= 0.3 is 18.1 Å². The van der Waals surface area contributed by atoms with Crippen LogP contribution in [0.4, 0.5) is 13.2 Å². The number of hydrogen-bond acceptors (Lipinski definition) is 5. The fourth-order valence-electron chi connectivity index (χ4n) is 3.10. The highest BCUT2D eigenvalue weighted by atomic mass is 19.4. The second-order valence-corrected chi connectivity index (χ2v) is 5.94. The average Bonchev–Trinajstić information content (AvgIpc) is 3.00. The van der Waals surface area contributed by atoms with E-state index in [1.807, 2.05) is 0 Å². The SMILES string of the molecule is CCC(C)(C(=O)OC1C2CC3C(=O)OC1C3O2)C(F)(F)F. The maximum Gasteiger partial charge on any atom is 0.404 e. The number of ether oxygens (including phenoxy) is 3. The Morgan fingerprint density at radius 2 is 2.05 bits per heavy atom. The van der Waals surface area contributed by atoms with E-state index in [2.05, 4.69) is 0 Å². The highest BCUT2D eigenvalue weighted by Crippen LogP contribution is 2.49. The maximum absolute atomic E-state index is 13.0. The van der Waals surface area contributed by atoms with Gasteiger partial charge in [-0.2, -0.15) is 13.2 Å². The smallest absolute Gasteiger partial charge is 0.404 e. The fourth-order valence-corrected chi connectivity index (χ4v) is 3.10. The molecule has 0 aliphatic carbocycles. The fraction of sp³-hybridized carbons (Fsp3) is 0.846. The van der Waals surface area contributed by atoms with Gasteiger partial charge < -0.3 is 14.2 Å². The van der Waals surface area contributed by atoms with Gasteiger partial charge in [-0.15, -0.1) is 0 Å². The molecule has 0 radical (unpaired) electrons. The summed E-state index contributed by atoms with van der Waals surface area (Å²) >= 11 is 0. The lowest BCUT2D eigenvalue weighted by Crippen LogP contribution is -2.48. The van der Waals surface area contributed by atoms with E-state index in [4.69, 9.17) is 14.2 Å². The standard InChI is InChI=1S/C13H15F3O5/c1-3-12(2,13(14,15)16)11(18)21-8-6-4-5-7(19-6)9(8)20-10(5)17/h5-9H,3-4H2,1-2H3. The van der Waals surface area contributed by atoms with Gasteiger partial charge in [0.2, 0.25) is 0 Å². The average molecular weight is 308 g/mol. The predicted molar refractivity (Wildman–Crippen MR) is 61.0 cm³/mol.